The number of hydrogen-bond donors (Lipinski definition) is 1. The van der Waals surface area contributed by atoms with Crippen molar-refractivity contribution in [2.75, 3.05) is 13.6 Å². The second-order valence-corrected chi connectivity index (χ2v) is 4.12. The van der Waals surface area contributed by atoms with Crippen molar-refractivity contribution in [3.05, 3.63) is 35.4 Å². The smallest absolute Gasteiger partial charge is 0.329 e. The molecule has 2 amide bonds. The molecule has 0 aliphatic rings. The molecule has 0 radical (unpaired) electrons. The largest absolute Gasteiger partial charge is 0.405 e. The Hall–Kier alpha value is -1.72. The Kier molecular flexibility index (Phi) is 4.58. The lowest BCUT2D eigenvalue weighted by Gasteiger charge is -2.19. The van der Waals surface area contributed by atoms with Gasteiger partial charge in [0.2, 0.25) is 0 Å². The highest BCUT2D eigenvalue weighted by atomic mass is 19.4. The predicted octanol–water partition coefficient (Wildman–Crippen LogP) is 2.70. The predicted molar refractivity (Wildman–Crippen MR) is 62.1 cm³/mol. The zero-order valence-electron chi connectivity index (χ0n) is 10.2. The first-order chi connectivity index (χ1) is 8.28. The van der Waals surface area contributed by atoms with Crippen LogP contribution in [0, 0.1) is 6.92 Å². The van der Waals surface area contributed by atoms with E-state index in [0.29, 0.717) is 0 Å². The maximum atomic E-state index is 11.9. The molecular formula is C12H15F3N2O. The number of alkyl halides is 3. The summed E-state index contributed by atoms with van der Waals surface area (Å²) < 4.78 is 35.8. The molecule has 0 bridgehead atoms. The fourth-order valence-electron chi connectivity index (χ4n) is 1.47. The summed E-state index contributed by atoms with van der Waals surface area (Å²) in [5, 5.41) is 1.82. The average Bonchev–Trinajstić information content (AvgIpc) is 2.24. The summed E-state index contributed by atoms with van der Waals surface area (Å²) in [6.45, 7) is 0.864. The monoisotopic (exact) mass is 260 g/mol. The molecule has 0 aliphatic carbocycles. The molecule has 0 aliphatic heterocycles. The van der Waals surface area contributed by atoms with Crippen molar-refractivity contribution in [1.29, 1.82) is 0 Å². The lowest BCUT2D eigenvalue weighted by atomic mass is 10.1. The number of nitrogens with one attached hydrogen (secondary N) is 1. The molecule has 0 spiro atoms. The highest BCUT2D eigenvalue weighted by Crippen LogP contribution is 2.12. The van der Waals surface area contributed by atoms with Crippen LogP contribution in [-0.2, 0) is 6.54 Å². The second-order valence-electron chi connectivity index (χ2n) is 4.12. The van der Waals surface area contributed by atoms with Gasteiger partial charge in [-0.25, -0.2) is 4.79 Å². The Morgan fingerprint density at radius 2 is 2.06 bits per heavy atom. The number of benzene rings is 1. The molecule has 0 saturated carbocycles. The minimum Gasteiger partial charge on any atom is -0.329 e. The Bertz CT molecular complexity index is 418. The molecule has 0 saturated heterocycles. The Balaban J connectivity index is 2.50. The van der Waals surface area contributed by atoms with Crippen molar-refractivity contribution < 1.29 is 18.0 Å². The molecule has 3 nitrogen and oxygen atoms in total. The van der Waals surface area contributed by atoms with E-state index in [1.54, 1.807) is 0 Å². The molecule has 100 valence electrons. The maximum Gasteiger partial charge on any atom is 0.405 e. The minimum absolute atomic E-state index is 0.269. The second kappa shape index (κ2) is 5.75. The number of urea groups is 1. The Morgan fingerprint density at radius 3 is 2.61 bits per heavy atom. The number of amides is 2. The molecule has 6 heteroatoms. The fraction of sp³-hybridized carbons (Fsp3) is 0.417. The first-order valence-electron chi connectivity index (χ1n) is 5.39. The van der Waals surface area contributed by atoms with Crippen molar-refractivity contribution >= 4 is 6.03 Å². The summed E-state index contributed by atoms with van der Waals surface area (Å²) in [7, 11) is 1.45. The lowest BCUT2D eigenvalue weighted by molar-refractivity contribution is -0.123. The first kappa shape index (κ1) is 14.3. The topological polar surface area (TPSA) is 32.3 Å². The third-order valence-corrected chi connectivity index (χ3v) is 2.29. The first-order valence-corrected chi connectivity index (χ1v) is 5.39. The molecule has 1 aromatic rings. The molecule has 0 heterocycles. The van der Waals surface area contributed by atoms with Crippen LogP contribution in [0.5, 0.6) is 0 Å². The molecule has 1 N–H and O–H groups in total. The van der Waals surface area contributed by atoms with Crippen LogP contribution in [0.1, 0.15) is 11.1 Å². The minimum atomic E-state index is -4.39. The number of aryl methyl sites for hydroxylation is 1. The molecule has 18 heavy (non-hydrogen) atoms. The summed E-state index contributed by atoms with van der Waals surface area (Å²) in [6.07, 6.45) is -4.39. The molecule has 1 aromatic carbocycles. The number of hydrogen-bond acceptors (Lipinski definition) is 1. The van der Waals surface area contributed by atoms with E-state index in [4.69, 9.17) is 0 Å². The summed E-state index contributed by atoms with van der Waals surface area (Å²) in [4.78, 5) is 12.6. The van der Waals surface area contributed by atoms with Crippen LogP contribution < -0.4 is 5.32 Å². The van der Waals surface area contributed by atoms with Gasteiger partial charge in [-0.15, -0.1) is 0 Å². The molecular weight excluding hydrogens is 245 g/mol. The van der Waals surface area contributed by atoms with Crippen LogP contribution in [0.4, 0.5) is 18.0 Å². The summed E-state index contributed by atoms with van der Waals surface area (Å²) >= 11 is 0. The summed E-state index contributed by atoms with van der Waals surface area (Å²) in [6, 6.07) is 6.71. The normalized spacial score (nSPS) is 11.2. The van der Waals surface area contributed by atoms with Gasteiger partial charge in [-0.05, 0) is 12.5 Å². The van der Waals surface area contributed by atoms with E-state index in [1.165, 1.54) is 11.9 Å². The third kappa shape index (κ3) is 5.07. The van der Waals surface area contributed by atoms with Crippen molar-refractivity contribution in [3.63, 3.8) is 0 Å². The van der Waals surface area contributed by atoms with Gasteiger partial charge in [-0.3, -0.25) is 0 Å². The van der Waals surface area contributed by atoms with Gasteiger partial charge in [0, 0.05) is 13.6 Å². The number of carbonyl (C=O) groups excluding carboxylic acids is 1. The number of halogens is 3. The van der Waals surface area contributed by atoms with Gasteiger partial charge < -0.3 is 10.2 Å². The highest BCUT2D eigenvalue weighted by molar-refractivity contribution is 5.73. The van der Waals surface area contributed by atoms with Crippen molar-refractivity contribution in [3.8, 4) is 0 Å². The maximum absolute atomic E-state index is 11.9. The van der Waals surface area contributed by atoms with E-state index in [-0.39, 0.29) is 6.54 Å². The van der Waals surface area contributed by atoms with Gasteiger partial charge in [0.25, 0.3) is 0 Å². The molecule has 0 atom stereocenters. The van der Waals surface area contributed by atoms with Crippen molar-refractivity contribution in [2.45, 2.75) is 19.6 Å². The van der Waals surface area contributed by atoms with Gasteiger partial charge in [0.1, 0.15) is 6.54 Å². The van der Waals surface area contributed by atoms with Gasteiger partial charge in [-0.1, -0.05) is 29.8 Å². The highest BCUT2D eigenvalue weighted by Gasteiger charge is 2.28. The fourth-order valence-corrected chi connectivity index (χ4v) is 1.47. The van der Waals surface area contributed by atoms with E-state index < -0.39 is 18.8 Å². The summed E-state index contributed by atoms with van der Waals surface area (Å²) in [5.74, 6) is 0. The standard InChI is InChI=1S/C12H15F3N2O/c1-9-4-3-5-10(6-9)7-17(2)11(18)16-8-12(13,14)15/h3-6H,7-8H2,1-2H3,(H,16,18). The third-order valence-electron chi connectivity index (χ3n) is 2.29. The van der Waals surface area contributed by atoms with Gasteiger partial charge in [0.05, 0.1) is 0 Å². The Labute approximate surface area is 104 Å². The number of nitrogens with zero attached hydrogens (tertiary/aromatic N) is 1. The van der Waals surface area contributed by atoms with Gasteiger partial charge in [-0.2, -0.15) is 13.2 Å². The van der Waals surface area contributed by atoms with Crippen LogP contribution >= 0.6 is 0 Å². The van der Waals surface area contributed by atoms with Gasteiger partial charge >= 0.3 is 12.2 Å². The van der Waals surface area contributed by atoms with Crippen LogP contribution in [0.3, 0.4) is 0 Å². The SMILES string of the molecule is Cc1cccc(CN(C)C(=O)NCC(F)(F)F)c1. The van der Waals surface area contributed by atoms with Crippen LogP contribution in [0.15, 0.2) is 24.3 Å². The van der Waals surface area contributed by atoms with E-state index in [1.807, 2.05) is 36.5 Å². The molecule has 0 unspecified atom stereocenters. The number of rotatable bonds is 3. The van der Waals surface area contributed by atoms with E-state index in [9.17, 15) is 18.0 Å². The molecule has 0 aromatic heterocycles. The van der Waals surface area contributed by atoms with E-state index >= 15 is 0 Å². The van der Waals surface area contributed by atoms with Crippen LogP contribution in [0.25, 0.3) is 0 Å². The van der Waals surface area contributed by atoms with Crippen LogP contribution in [0.2, 0.25) is 0 Å². The number of carbonyl (C=O) groups is 1. The van der Waals surface area contributed by atoms with E-state index in [0.717, 1.165) is 11.1 Å². The molecule has 0 fully saturated rings. The molecule has 1 rings (SSSR count). The van der Waals surface area contributed by atoms with Crippen LogP contribution in [-0.4, -0.2) is 30.7 Å². The van der Waals surface area contributed by atoms with Crippen molar-refractivity contribution in [2.24, 2.45) is 0 Å². The zero-order valence-corrected chi connectivity index (χ0v) is 10.2. The summed E-state index contributed by atoms with van der Waals surface area (Å²) in [5.41, 5.74) is 1.91. The Morgan fingerprint density at radius 1 is 1.39 bits per heavy atom. The quantitative estimate of drug-likeness (QED) is 0.890. The average molecular weight is 260 g/mol. The van der Waals surface area contributed by atoms with E-state index in [2.05, 4.69) is 0 Å². The lowest BCUT2D eigenvalue weighted by Crippen LogP contribution is -2.41. The van der Waals surface area contributed by atoms with Crippen molar-refractivity contribution in [1.82, 2.24) is 10.2 Å². The zero-order chi connectivity index (χ0) is 13.8. The van der Waals surface area contributed by atoms with Gasteiger partial charge in [0.15, 0.2) is 0 Å².